The predicted octanol–water partition coefficient (Wildman–Crippen LogP) is 4.52. The number of carboxylic acids is 2. The van der Waals surface area contributed by atoms with Crippen LogP contribution in [0.4, 0.5) is 32.0 Å². The molecule has 1 atom stereocenters. The van der Waals surface area contributed by atoms with Gasteiger partial charge in [-0.1, -0.05) is 20.8 Å². The molecular weight excluding hydrogens is 554 g/mol. The Bertz CT molecular complexity index is 1090. The van der Waals surface area contributed by atoms with E-state index in [0.29, 0.717) is 17.9 Å². The SMILES string of the molecule is CC(C)(C)c1c(O[C@@]2(C)CCNC2)ccc(C(=O)O)c1N(C(=O)C(F)(F)F)C1CCOCC1.O=C(O)C(F)(F)F. The fourth-order valence-electron chi connectivity index (χ4n) is 4.48. The standard InChI is InChI=1S/C23H31F3N2O5.C2HF3O2/c1-21(2,3)17-16(33-22(4)9-10-27-13-22)6-5-15(19(29)30)18(17)28(20(31)23(24,25)26)14-7-11-32-12-8-14;3-2(4,5)1(6)7/h5-6,14,27H,7-13H2,1-4H3,(H,29,30);(H,6,7)/t22-;/m0./s1. The predicted molar refractivity (Wildman–Crippen MR) is 130 cm³/mol. The van der Waals surface area contributed by atoms with E-state index in [-0.39, 0.29) is 48.6 Å². The number of hydrogen-bond acceptors (Lipinski definition) is 6. The molecule has 0 spiro atoms. The Morgan fingerprint density at radius 3 is 1.98 bits per heavy atom. The second kappa shape index (κ2) is 12.2. The van der Waals surface area contributed by atoms with Crippen LogP contribution in [0.2, 0.25) is 0 Å². The number of hydrogen-bond donors (Lipinski definition) is 3. The van der Waals surface area contributed by atoms with Crippen molar-refractivity contribution in [2.75, 3.05) is 31.2 Å². The van der Waals surface area contributed by atoms with Gasteiger partial charge in [-0.05, 0) is 43.9 Å². The number of benzene rings is 1. The molecule has 9 nitrogen and oxygen atoms in total. The fraction of sp³-hybridized carbons (Fsp3) is 0.640. The highest BCUT2D eigenvalue weighted by Gasteiger charge is 2.48. The topological polar surface area (TPSA) is 125 Å². The Morgan fingerprint density at radius 2 is 1.57 bits per heavy atom. The number of aromatic carboxylic acids is 1. The molecular formula is C25H32F6N2O7. The molecule has 2 fully saturated rings. The summed E-state index contributed by atoms with van der Waals surface area (Å²) in [4.78, 5) is 34.5. The van der Waals surface area contributed by atoms with Crippen LogP contribution >= 0.6 is 0 Å². The number of carboxylic acid groups (broad SMARTS) is 2. The van der Waals surface area contributed by atoms with Gasteiger partial charge in [-0.3, -0.25) is 4.79 Å². The second-order valence-electron chi connectivity index (χ2n) is 10.7. The lowest BCUT2D eigenvalue weighted by molar-refractivity contribution is -0.192. The van der Waals surface area contributed by atoms with Crippen LogP contribution in [0.25, 0.3) is 0 Å². The van der Waals surface area contributed by atoms with Gasteiger partial charge in [0.05, 0.1) is 11.3 Å². The average molecular weight is 587 g/mol. The minimum absolute atomic E-state index is 0.164. The Hall–Kier alpha value is -3.07. The van der Waals surface area contributed by atoms with Gasteiger partial charge < -0.3 is 29.9 Å². The highest BCUT2D eigenvalue weighted by molar-refractivity contribution is 6.06. The van der Waals surface area contributed by atoms with E-state index in [4.69, 9.17) is 19.4 Å². The number of halogens is 6. The number of carbonyl (C=O) groups excluding carboxylic acids is 1. The van der Waals surface area contributed by atoms with Gasteiger partial charge >= 0.3 is 30.2 Å². The first-order valence-electron chi connectivity index (χ1n) is 12.3. The Kier molecular flexibility index (Phi) is 10.1. The van der Waals surface area contributed by atoms with Crippen molar-refractivity contribution in [3.63, 3.8) is 0 Å². The Morgan fingerprint density at radius 1 is 1.02 bits per heavy atom. The van der Waals surface area contributed by atoms with E-state index in [2.05, 4.69) is 5.32 Å². The highest BCUT2D eigenvalue weighted by Crippen LogP contribution is 2.45. The molecule has 0 aliphatic carbocycles. The molecule has 2 aliphatic heterocycles. The van der Waals surface area contributed by atoms with Crippen LogP contribution in [-0.4, -0.2) is 78.4 Å². The molecule has 0 radical (unpaired) electrons. The number of anilines is 1. The van der Waals surface area contributed by atoms with Crippen molar-refractivity contribution in [1.82, 2.24) is 5.32 Å². The normalized spacial score (nSPS) is 20.4. The van der Waals surface area contributed by atoms with Gasteiger partial charge in [0.25, 0.3) is 0 Å². The van der Waals surface area contributed by atoms with Crippen LogP contribution in [0.1, 0.15) is 62.9 Å². The van der Waals surface area contributed by atoms with Crippen molar-refractivity contribution in [2.45, 2.75) is 76.4 Å². The molecule has 0 saturated carbocycles. The van der Waals surface area contributed by atoms with E-state index in [1.165, 1.54) is 12.1 Å². The molecule has 226 valence electrons. The summed E-state index contributed by atoms with van der Waals surface area (Å²) >= 11 is 0. The third kappa shape index (κ3) is 8.22. The Balaban J connectivity index is 0.000000708. The molecule has 3 N–H and O–H groups in total. The molecule has 0 bridgehead atoms. The fourth-order valence-corrected chi connectivity index (χ4v) is 4.48. The van der Waals surface area contributed by atoms with E-state index >= 15 is 0 Å². The quantitative estimate of drug-likeness (QED) is 0.431. The van der Waals surface area contributed by atoms with E-state index in [1.54, 1.807) is 20.8 Å². The lowest BCUT2D eigenvalue weighted by atomic mass is 9.82. The summed E-state index contributed by atoms with van der Waals surface area (Å²) in [5, 5.41) is 20.2. The van der Waals surface area contributed by atoms with Crippen LogP contribution in [-0.2, 0) is 19.7 Å². The summed E-state index contributed by atoms with van der Waals surface area (Å²) < 4.78 is 84.7. The maximum atomic E-state index is 13.8. The molecule has 2 saturated heterocycles. The van der Waals surface area contributed by atoms with Gasteiger partial charge in [-0.15, -0.1) is 0 Å². The van der Waals surface area contributed by atoms with E-state index in [0.717, 1.165) is 6.54 Å². The smallest absolute Gasteiger partial charge is 0.486 e. The number of alkyl halides is 6. The molecule has 1 aromatic rings. The molecule has 2 heterocycles. The van der Waals surface area contributed by atoms with Crippen LogP contribution in [0, 0.1) is 0 Å². The largest absolute Gasteiger partial charge is 0.490 e. The third-order valence-electron chi connectivity index (χ3n) is 6.31. The monoisotopic (exact) mass is 586 g/mol. The number of nitrogens with one attached hydrogen (secondary N) is 1. The number of rotatable bonds is 5. The van der Waals surface area contributed by atoms with Crippen LogP contribution < -0.4 is 15.0 Å². The molecule has 2 aliphatic rings. The highest BCUT2D eigenvalue weighted by atomic mass is 19.4. The minimum Gasteiger partial charge on any atom is -0.486 e. The van der Waals surface area contributed by atoms with E-state index in [9.17, 15) is 41.0 Å². The number of amides is 1. The van der Waals surface area contributed by atoms with E-state index < -0.39 is 47.3 Å². The summed E-state index contributed by atoms with van der Waals surface area (Å²) in [5.74, 6) is -5.98. The molecule has 0 aromatic heterocycles. The first kappa shape index (κ1) is 33.1. The third-order valence-corrected chi connectivity index (χ3v) is 6.31. The zero-order valence-electron chi connectivity index (χ0n) is 22.3. The zero-order valence-corrected chi connectivity index (χ0v) is 22.3. The number of nitrogens with zero attached hydrogens (tertiary/aromatic N) is 1. The van der Waals surface area contributed by atoms with Crippen molar-refractivity contribution in [1.29, 1.82) is 0 Å². The van der Waals surface area contributed by atoms with E-state index in [1.807, 2.05) is 6.92 Å². The summed E-state index contributed by atoms with van der Waals surface area (Å²) in [7, 11) is 0. The van der Waals surface area contributed by atoms with Gasteiger partial charge in [-0.2, -0.15) is 26.3 Å². The number of aliphatic carboxylic acids is 1. The van der Waals surface area contributed by atoms with Crippen molar-refractivity contribution in [3.8, 4) is 5.75 Å². The maximum Gasteiger partial charge on any atom is 0.490 e. The van der Waals surface area contributed by atoms with Gasteiger partial charge in [0.2, 0.25) is 0 Å². The Labute approximate surface area is 226 Å². The summed E-state index contributed by atoms with van der Waals surface area (Å²) in [6.45, 7) is 8.81. The van der Waals surface area contributed by atoms with Gasteiger partial charge in [-0.25, -0.2) is 9.59 Å². The average Bonchev–Trinajstić information content (AvgIpc) is 3.24. The van der Waals surface area contributed by atoms with Gasteiger partial charge in [0.1, 0.15) is 11.4 Å². The maximum absolute atomic E-state index is 13.8. The van der Waals surface area contributed by atoms with Crippen molar-refractivity contribution in [2.24, 2.45) is 0 Å². The summed E-state index contributed by atoms with van der Waals surface area (Å²) in [6.07, 6.45) is -9.26. The molecule has 3 rings (SSSR count). The summed E-state index contributed by atoms with van der Waals surface area (Å²) in [6, 6.07) is 1.85. The van der Waals surface area contributed by atoms with Gasteiger partial charge in [0, 0.05) is 37.8 Å². The second-order valence-corrected chi connectivity index (χ2v) is 10.7. The zero-order chi connectivity index (χ0) is 30.7. The first-order chi connectivity index (χ1) is 18.2. The van der Waals surface area contributed by atoms with Crippen molar-refractivity contribution < 1.29 is 60.4 Å². The number of ether oxygens (including phenoxy) is 2. The summed E-state index contributed by atoms with van der Waals surface area (Å²) in [5.41, 5.74) is -1.80. The minimum atomic E-state index is -5.18. The van der Waals surface area contributed by atoms with Crippen molar-refractivity contribution >= 4 is 23.5 Å². The number of carbonyl (C=O) groups is 3. The lowest BCUT2D eigenvalue weighted by Crippen LogP contribution is -2.50. The molecule has 15 heteroatoms. The molecule has 0 unspecified atom stereocenters. The molecule has 1 aromatic carbocycles. The molecule has 40 heavy (non-hydrogen) atoms. The first-order valence-corrected chi connectivity index (χ1v) is 12.3. The van der Waals surface area contributed by atoms with Crippen LogP contribution in [0.3, 0.4) is 0 Å². The molecule has 1 amide bonds. The van der Waals surface area contributed by atoms with Crippen molar-refractivity contribution in [3.05, 3.63) is 23.3 Å². The van der Waals surface area contributed by atoms with Crippen LogP contribution in [0.15, 0.2) is 12.1 Å². The van der Waals surface area contributed by atoms with Crippen LogP contribution in [0.5, 0.6) is 5.75 Å². The van der Waals surface area contributed by atoms with Gasteiger partial charge in [0.15, 0.2) is 0 Å². The lowest BCUT2D eigenvalue weighted by Gasteiger charge is -2.40.